The average molecular weight is 676 g/mol. The standard InChI is InChI=1S/C42H61NO6/c1-32(44)33(29-41(47)48-31-38-36-25-21-19-23-34(36)35-24-20-22-26-37(35)38)30-43-39(45)27-17-15-13-11-9-7-5-6-8-10-12-14-16-18-28-40(46)49-42(2,3)4/h19-26,33,38H,5-18,27-31H2,1-4H3,(H,43,45)/t33-/m0/s1. The van der Waals surface area contributed by atoms with Crippen LogP contribution in [0.15, 0.2) is 48.5 Å². The number of ether oxygens (including phenoxy) is 2. The molecular formula is C42H61NO6. The van der Waals surface area contributed by atoms with Crippen LogP contribution in [0.5, 0.6) is 0 Å². The number of carbonyl (C=O) groups excluding carboxylic acids is 4. The highest BCUT2D eigenvalue weighted by Crippen LogP contribution is 2.44. The lowest BCUT2D eigenvalue weighted by atomic mass is 9.98. The van der Waals surface area contributed by atoms with Crippen molar-refractivity contribution < 1.29 is 28.7 Å². The molecule has 7 nitrogen and oxygen atoms in total. The predicted octanol–water partition coefficient (Wildman–Crippen LogP) is 9.64. The van der Waals surface area contributed by atoms with Gasteiger partial charge in [0.2, 0.25) is 5.91 Å². The van der Waals surface area contributed by atoms with Crippen molar-refractivity contribution in [2.75, 3.05) is 13.2 Å². The van der Waals surface area contributed by atoms with E-state index in [-0.39, 0.29) is 48.8 Å². The molecule has 1 N–H and O–H groups in total. The van der Waals surface area contributed by atoms with Crippen molar-refractivity contribution in [2.45, 2.75) is 148 Å². The fourth-order valence-corrected chi connectivity index (χ4v) is 6.63. The van der Waals surface area contributed by atoms with Gasteiger partial charge < -0.3 is 14.8 Å². The number of amides is 1. The Labute approximate surface area is 295 Å². The second-order valence-electron chi connectivity index (χ2n) is 14.8. The van der Waals surface area contributed by atoms with Crippen LogP contribution in [-0.2, 0) is 28.7 Å². The molecule has 0 radical (unpaired) electrons. The van der Waals surface area contributed by atoms with Crippen LogP contribution in [0.4, 0.5) is 0 Å². The predicted molar refractivity (Wildman–Crippen MR) is 196 cm³/mol. The van der Waals surface area contributed by atoms with Gasteiger partial charge in [-0.1, -0.05) is 126 Å². The Morgan fingerprint density at radius 2 is 1.10 bits per heavy atom. The molecular weight excluding hydrogens is 614 g/mol. The summed E-state index contributed by atoms with van der Waals surface area (Å²) in [6, 6.07) is 16.4. The van der Waals surface area contributed by atoms with Crippen LogP contribution in [0, 0.1) is 5.92 Å². The highest BCUT2D eigenvalue weighted by Gasteiger charge is 2.29. The zero-order valence-corrected chi connectivity index (χ0v) is 30.7. The third-order valence-electron chi connectivity index (χ3n) is 9.36. The van der Waals surface area contributed by atoms with Gasteiger partial charge in [0, 0.05) is 31.2 Å². The highest BCUT2D eigenvalue weighted by atomic mass is 16.6. The molecule has 0 saturated heterocycles. The number of hydrogen-bond acceptors (Lipinski definition) is 6. The van der Waals surface area contributed by atoms with Crippen LogP contribution in [-0.4, -0.2) is 42.4 Å². The number of ketones is 1. The van der Waals surface area contributed by atoms with E-state index in [1.165, 1.54) is 75.8 Å². The Bertz CT molecular complexity index is 1280. The van der Waals surface area contributed by atoms with E-state index in [1.807, 2.05) is 45.0 Å². The number of benzene rings is 2. The summed E-state index contributed by atoms with van der Waals surface area (Å²) in [5.41, 5.74) is 4.25. The Kier molecular flexibility index (Phi) is 17.6. The third-order valence-corrected chi connectivity index (χ3v) is 9.36. The quantitative estimate of drug-likeness (QED) is 0.0879. The maximum Gasteiger partial charge on any atom is 0.306 e. The minimum Gasteiger partial charge on any atom is -0.465 e. The second kappa shape index (κ2) is 21.6. The summed E-state index contributed by atoms with van der Waals surface area (Å²) in [5.74, 6) is -1.31. The molecule has 0 spiro atoms. The summed E-state index contributed by atoms with van der Waals surface area (Å²) < 4.78 is 11.0. The number of esters is 2. The summed E-state index contributed by atoms with van der Waals surface area (Å²) in [7, 11) is 0. The Hall–Kier alpha value is -3.48. The van der Waals surface area contributed by atoms with E-state index in [1.54, 1.807) is 0 Å². The molecule has 0 aliphatic heterocycles. The zero-order valence-electron chi connectivity index (χ0n) is 30.7. The number of Topliss-reactive ketones (excluding diaryl/α,β-unsaturated/α-hetero) is 1. The number of unbranched alkanes of at least 4 members (excludes halogenated alkanes) is 13. The Morgan fingerprint density at radius 3 is 1.57 bits per heavy atom. The minimum absolute atomic E-state index is 0.0248. The Balaban J connectivity index is 1.15. The smallest absolute Gasteiger partial charge is 0.306 e. The monoisotopic (exact) mass is 675 g/mol. The summed E-state index contributed by atoms with van der Waals surface area (Å²) in [6.07, 6.45) is 17.2. The zero-order chi connectivity index (χ0) is 35.5. The maximum atomic E-state index is 12.8. The lowest BCUT2D eigenvalue weighted by Crippen LogP contribution is -2.33. The van der Waals surface area contributed by atoms with Crippen molar-refractivity contribution in [3.8, 4) is 11.1 Å². The van der Waals surface area contributed by atoms with Gasteiger partial charge in [-0.25, -0.2) is 0 Å². The normalized spacial score (nSPS) is 13.0. The fraction of sp³-hybridized carbons (Fsp3) is 0.619. The maximum absolute atomic E-state index is 12.8. The molecule has 2 aromatic rings. The van der Waals surface area contributed by atoms with E-state index in [4.69, 9.17) is 9.47 Å². The average Bonchev–Trinajstić information content (AvgIpc) is 3.38. The van der Waals surface area contributed by atoms with Gasteiger partial charge in [-0.05, 0) is 62.8 Å². The lowest BCUT2D eigenvalue weighted by molar-refractivity contribution is -0.155. The van der Waals surface area contributed by atoms with E-state index in [0.29, 0.717) is 12.8 Å². The SMILES string of the molecule is CC(=O)[C@H](CNC(=O)CCCCCCCCCCCCCCCCC(=O)OC(C)(C)C)CC(=O)OCC1c2ccccc2-c2ccccc21. The van der Waals surface area contributed by atoms with Gasteiger partial charge in [0.15, 0.2) is 0 Å². The molecule has 0 heterocycles. The summed E-state index contributed by atoms with van der Waals surface area (Å²) >= 11 is 0. The fourth-order valence-electron chi connectivity index (χ4n) is 6.63. The summed E-state index contributed by atoms with van der Waals surface area (Å²) in [4.78, 5) is 49.2. The third kappa shape index (κ3) is 15.3. The number of fused-ring (bicyclic) bond motifs is 3. The van der Waals surface area contributed by atoms with Gasteiger partial charge in [-0.3, -0.25) is 19.2 Å². The molecule has 1 aliphatic rings. The molecule has 2 aromatic carbocycles. The van der Waals surface area contributed by atoms with Gasteiger partial charge in [-0.2, -0.15) is 0 Å². The molecule has 49 heavy (non-hydrogen) atoms. The first-order chi connectivity index (χ1) is 23.5. The number of rotatable bonds is 24. The van der Waals surface area contributed by atoms with Crippen molar-refractivity contribution in [1.82, 2.24) is 5.32 Å². The van der Waals surface area contributed by atoms with Crippen molar-refractivity contribution in [3.05, 3.63) is 59.7 Å². The van der Waals surface area contributed by atoms with Crippen LogP contribution in [0.2, 0.25) is 0 Å². The summed E-state index contributed by atoms with van der Waals surface area (Å²) in [5, 5.41) is 2.87. The molecule has 1 aliphatic carbocycles. The molecule has 3 rings (SSSR count). The van der Waals surface area contributed by atoms with E-state index < -0.39 is 11.9 Å². The van der Waals surface area contributed by atoms with Crippen LogP contribution in [0.3, 0.4) is 0 Å². The molecule has 0 unspecified atom stereocenters. The van der Waals surface area contributed by atoms with Crippen LogP contribution >= 0.6 is 0 Å². The number of carbonyl (C=O) groups is 4. The minimum atomic E-state index is -0.588. The largest absolute Gasteiger partial charge is 0.465 e. The molecule has 0 bridgehead atoms. The molecule has 0 saturated carbocycles. The van der Waals surface area contributed by atoms with Crippen molar-refractivity contribution >= 4 is 23.6 Å². The van der Waals surface area contributed by atoms with Crippen molar-refractivity contribution in [1.29, 1.82) is 0 Å². The molecule has 7 heteroatoms. The molecule has 1 atom stereocenters. The van der Waals surface area contributed by atoms with Crippen LogP contribution in [0.1, 0.15) is 154 Å². The van der Waals surface area contributed by atoms with Gasteiger partial charge in [0.1, 0.15) is 18.0 Å². The highest BCUT2D eigenvalue weighted by molar-refractivity contribution is 5.85. The van der Waals surface area contributed by atoms with E-state index in [9.17, 15) is 19.2 Å². The van der Waals surface area contributed by atoms with E-state index >= 15 is 0 Å². The molecule has 0 aromatic heterocycles. The van der Waals surface area contributed by atoms with Crippen molar-refractivity contribution in [2.24, 2.45) is 5.92 Å². The first-order valence-electron chi connectivity index (χ1n) is 18.9. The van der Waals surface area contributed by atoms with Crippen LogP contribution < -0.4 is 5.32 Å². The van der Waals surface area contributed by atoms with E-state index in [2.05, 4.69) is 29.6 Å². The number of hydrogen-bond donors (Lipinski definition) is 1. The second-order valence-corrected chi connectivity index (χ2v) is 14.8. The molecule has 1 amide bonds. The Morgan fingerprint density at radius 1 is 0.653 bits per heavy atom. The number of nitrogens with one attached hydrogen (secondary N) is 1. The topological polar surface area (TPSA) is 98.8 Å². The first-order valence-corrected chi connectivity index (χ1v) is 18.9. The van der Waals surface area contributed by atoms with Gasteiger partial charge >= 0.3 is 11.9 Å². The van der Waals surface area contributed by atoms with Gasteiger partial charge in [-0.15, -0.1) is 0 Å². The molecule has 0 fully saturated rings. The van der Waals surface area contributed by atoms with Crippen molar-refractivity contribution in [3.63, 3.8) is 0 Å². The van der Waals surface area contributed by atoms with Gasteiger partial charge in [0.25, 0.3) is 0 Å². The lowest BCUT2D eigenvalue weighted by Gasteiger charge is -2.19. The van der Waals surface area contributed by atoms with E-state index in [0.717, 1.165) is 43.2 Å². The molecule has 270 valence electrons. The summed E-state index contributed by atoms with van der Waals surface area (Å²) in [6.45, 7) is 7.57. The van der Waals surface area contributed by atoms with Gasteiger partial charge in [0.05, 0.1) is 6.42 Å². The van der Waals surface area contributed by atoms with Crippen LogP contribution in [0.25, 0.3) is 11.1 Å². The first kappa shape index (κ1) is 40.0.